The largest absolute Gasteiger partial charge is 0.473 e. The van der Waals surface area contributed by atoms with Crippen LogP contribution in [0, 0.1) is 18.4 Å². The monoisotopic (exact) mass is 627 g/mol. The molecule has 1 heterocycles. The molecule has 1 aliphatic heterocycles. The van der Waals surface area contributed by atoms with Gasteiger partial charge in [0.2, 0.25) is 0 Å². The number of nitrogens with zero attached hydrogens (tertiary/aromatic N) is 1. The van der Waals surface area contributed by atoms with Crippen molar-refractivity contribution < 1.29 is 9.47 Å². The zero-order valence-electron chi connectivity index (χ0n) is 27.9. The Bertz CT molecular complexity index is 2030. The molecule has 0 N–H and O–H groups in total. The van der Waals surface area contributed by atoms with Crippen molar-refractivity contribution >= 4 is 16.8 Å². The van der Waals surface area contributed by atoms with E-state index in [0.717, 1.165) is 50.1 Å². The molecule has 6 aromatic rings. The lowest BCUT2D eigenvalue weighted by Crippen LogP contribution is -2.34. The van der Waals surface area contributed by atoms with Crippen LogP contribution >= 0.6 is 0 Å². The van der Waals surface area contributed by atoms with Gasteiger partial charge in [-0.15, -0.1) is 5.26 Å². The number of fused-ring (bicyclic) bond motifs is 3. The SMILES string of the molecule is CCCCCC.Cc1ccc(C2(c3ccccc3)C=Cc3c(cc(-c4ccc(-c5ccc(OC#N)cc5)cc4)c4ccccc34)O2)cc1. The maximum absolute atomic E-state index is 8.76. The van der Waals surface area contributed by atoms with E-state index in [1.165, 1.54) is 36.6 Å². The van der Waals surface area contributed by atoms with Gasteiger partial charge in [0, 0.05) is 16.7 Å². The van der Waals surface area contributed by atoms with E-state index in [4.69, 9.17) is 14.7 Å². The second-order valence-electron chi connectivity index (χ2n) is 12.3. The smallest absolute Gasteiger partial charge is 0.292 e. The van der Waals surface area contributed by atoms with E-state index in [9.17, 15) is 0 Å². The topological polar surface area (TPSA) is 42.2 Å². The molecular formula is C45H41NO2. The van der Waals surface area contributed by atoms with Gasteiger partial charge in [0.15, 0.2) is 5.60 Å². The van der Waals surface area contributed by atoms with Crippen LogP contribution in [-0.4, -0.2) is 0 Å². The summed E-state index contributed by atoms with van der Waals surface area (Å²) in [6.07, 6.45) is 11.7. The molecule has 0 radical (unpaired) electrons. The van der Waals surface area contributed by atoms with E-state index < -0.39 is 5.60 Å². The van der Waals surface area contributed by atoms with E-state index in [1.807, 2.05) is 18.2 Å². The molecule has 0 aliphatic carbocycles. The Kier molecular flexibility index (Phi) is 10.0. The fourth-order valence-corrected chi connectivity index (χ4v) is 6.35. The zero-order chi connectivity index (χ0) is 33.3. The minimum absolute atomic E-state index is 0.532. The van der Waals surface area contributed by atoms with Crippen LogP contribution < -0.4 is 9.47 Å². The third kappa shape index (κ3) is 6.75. The first-order valence-corrected chi connectivity index (χ1v) is 16.9. The molecule has 1 aliphatic rings. The van der Waals surface area contributed by atoms with E-state index in [-0.39, 0.29) is 0 Å². The lowest BCUT2D eigenvalue weighted by molar-refractivity contribution is 0.161. The third-order valence-corrected chi connectivity index (χ3v) is 8.99. The second-order valence-corrected chi connectivity index (χ2v) is 12.3. The molecule has 0 saturated carbocycles. The molecule has 0 saturated heterocycles. The Labute approximate surface area is 284 Å². The highest BCUT2D eigenvalue weighted by Crippen LogP contribution is 2.46. The molecule has 1 unspecified atom stereocenters. The van der Waals surface area contributed by atoms with Crippen LogP contribution in [0.15, 0.2) is 140 Å². The van der Waals surface area contributed by atoms with Gasteiger partial charge in [-0.05, 0) is 70.3 Å². The highest BCUT2D eigenvalue weighted by molar-refractivity contribution is 6.03. The third-order valence-electron chi connectivity index (χ3n) is 8.99. The standard InChI is InChI=1S/C39H27NO2.C6H14/c1-27-11-19-32(20-12-27)39(31-7-3-2-4-8-31)24-23-36-34-9-5-6-10-35(34)37(25-38(36)42-39)30-15-13-28(14-16-30)29-17-21-33(22-18-29)41-26-40;1-3-5-6-4-2/h2-25H,1H3;3-6H2,1-2H3. The predicted molar refractivity (Wildman–Crippen MR) is 199 cm³/mol. The lowest BCUT2D eigenvalue weighted by atomic mass is 9.82. The number of aryl methyl sites for hydroxylation is 1. The van der Waals surface area contributed by atoms with Crippen LogP contribution in [0.5, 0.6) is 11.5 Å². The summed E-state index contributed by atoms with van der Waals surface area (Å²) in [5, 5.41) is 11.1. The van der Waals surface area contributed by atoms with Crippen LogP contribution in [-0.2, 0) is 5.60 Å². The second kappa shape index (κ2) is 14.9. The molecule has 0 bridgehead atoms. The summed E-state index contributed by atoms with van der Waals surface area (Å²) < 4.78 is 12.0. The molecule has 6 aromatic carbocycles. The Morgan fingerprint density at radius 1 is 0.646 bits per heavy atom. The normalized spacial score (nSPS) is 14.6. The lowest BCUT2D eigenvalue weighted by Gasteiger charge is -2.37. The van der Waals surface area contributed by atoms with Crippen molar-refractivity contribution in [2.75, 3.05) is 0 Å². The van der Waals surface area contributed by atoms with Gasteiger partial charge in [0.05, 0.1) is 0 Å². The summed E-state index contributed by atoms with van der Waals surface area (Å²) in [6, 6.07) is 45.9. The Balaban J connectivity index is 0.000000615. The van der Waals surface area contributed by atoms with Crippen molar-refractivity contribution in [3.63, 3.8) is 0 Å². The summed E-state index contributed by atoms with van der Waals surface area (Å²) in [6.45, 7) is 6.57. The molecule has 1 atom stereocenters. The van der Waals surface area contributed by atoms with Crippen LogP contribution in [0.1, 0.15) is 61.8 Å². The molecular weight excluding hydrogens is 587 g/mol. The number of ether oxygens (including phenoxy) is 2. The summed E-state index contributed by atoms with van der Waals surface area (Å²) in [7, 11) is 0. The van der Waals surface area contributed by atoms with Crippen LogP contribution in [0.4, 0.5) is 0 Å². The summed E-state index contributed by atoms with van der Waals surface area (Å²) in [4.78, 5) is 0. The highest BCUT2D eigenvalue weighted by Gasteiger charge is 2.37. The Hall–Kier alpha value is -5.59. The van der Waals surface area contributed by atoms with Gasteiger partial charge in [-0.25, -0.2) is 0 Å². The molecule has 3 heteroatoms. The van der Waals surface area contributed by atoms with Crippen molar-refractivity contribution in [2.45, 2.75) is 52.1 Å². The fourth-order valence-electron chi connectivity index (χ4n) is 6.35. The summed E-state index contributed by atoms with van der Waals surface area (Å²) in [5.41, 5.74) is 8.11. The molecule has 0 amide bonds. The summed E-state index contributed by atoms with van der Waals surface area (Å²) >= 11 is 0. The maximum atomic E-state index is 8.76. The van der Waals surface area contributed by atoms with Crippen molar-refractivity contribution in [3.8, 4) is 40.0 Å². The first-order valence-electron chi connectivity index (χ1n) is 16.9. The molecule has 0 aromatic heterocycles. The van der Waals surface area contributed by atoms with Crippen LogP contribution in [0.3, 0.4) is 0 Å². The predicted octanol–water partition coefficient (Wildman–Crippen LogP) is 12.3. The molecule has 0 fully saturated rings. The number of hydrogen-bond acceptors (Lipinski definition) is 3. The number of rotatable bonds is 8. The number of unbranched alkanes of at least 4 members (excludes halogenated alkanes) is 3. The fraction of sp³-hybridized carbons (Fsp3) is 0.178. The molecule has 238 valence electrons. The van der Waals surface area contributed by atoms with Gasteiger partial charge in [-0.3, -0.25) is 0 Å². The number of hydrogen-bond donors (Lipinski definition) is 0. The first kappa shape index (κ1) is 32.4. The molecule has 3 nitrogen and oxygen atoms in total. The molecule has 7 rings (SSSR count). The van der Waals surface area contributed by atoms with Crippen molar-refractivity contribution in [1.29, 1.82) is 5.26 Å². The van der Waals surface area contributed by atoms with Gasteiger partial charge < -0.3 is 9.47 Å². The van der Waals surface area contributed by atoms with Crippen molar-refractivity contribution in [3.05, 3.63) is 162 Å². The van der Waals surface area contributed by atoms with Crippen molar-refractivity contribution in [1.82, 2.24) is 0 Å². The van der Waals surface area contributed by atoms with E-state index in [0.29, 0.717) is 5.75 Å². The summed E-state index contributed by atoms with van der Waals surface area (Å²) in [5.74, 6) is 1.39. The van der Waals surface area contributed by atoms with Crippen molar-refractivity contribution in [2.24, 2.45) is 0 Å². The zero-order valence-corrected chi connectivity index (χ0v) is 27.9. The quantitative estimate of drug-likeness (QED) is 0.125. The van der Waals surface area contributed by atoms with E-state index in [2.05, 4.69) is 136 Å². The van der Waals surface area contributed by atoms with Crippen LogP contribution in [0.25, 0.3) is 39.1 Å². The molecule has 48 heavy (non-hydrogen) atoms. The van der Waals surface area contributed by atoms with Gasteiger partial charge in [0.1, 0.15) is 11.5 Å². The van der Waals surface area contributed by atoms with Gasteiger partial charge in [0.25, 0.3) is 6.26 Å². The maximum Gasteiger partial charge on any atom is 0.292 e. The van der Waals surface area contributed by atoms with Gasteiger partial charge >= 0.3 is 0 Å². The minimum atomic E-state index is -0.743. The average molecular weight is 628 g/mol. The Morgan fingerprint density at radius 2 is 1.21 bits per heavy atom. The van der Waals surface area contributed by atoms with E-state index in [1.54, 1.807) is 18.4 Å². The molecule has 0 spiro atoms. The number of benzene rings is 6. The number of nitriles is 1. The van der Waals surface area contributed by atoms with Gasteiger partial charge in [-0.1, -0.05) is 160 Å². The average Bonchev–Trinajstić information content (AvgIpc) is 3.15. The van der Waals surface area contributed by atoms with Crippen LogP contribution in [0.2, 0.25) is 0 Å². The first-order chi connectivity index (χ1) is 23.6. The van der Waals surface area contributed by atoms with Gasteiger partial charge in [-0.2, -0.15) is 0 Å². The highest BCUT2D eigenvalue weighted by atomic mass is 16.5. The minimum Gasteiger partial charge on any atom is -0.473 e. The van der Waals surface area contributed by atoms with E-state index >= 15 is 0 Å². The Morgan fingerprint density at radius 3 is 1.83 bits per heavy atom.